The number of nitrogens with zero attached hydrogens (tertiary/aromatic N) is 5. The zero-order chi connectivity index (χ0) is 17.9. The van der Waals surface area contributed by atoms with Gasteiger partial charge in [0.25, 0.3) is 0 Å². The summed E-state index contributed by atoms with van der Waals surface area (Å²) in [4.78, 5) is 16.3. The van der Waals surface area contributed by atoms with Gasteiger partial charge in [-0.2, -0.15) is 4.98 Å². The molecule has 1 saturated heterocycles. The van der Waals surface area contributed by atoms with Gasteiger partial charge < -0.3 is 9.30 Å². The predicted molar refractivity (Wildman–Crippen MR) is 98.9 cm³/mol. The van der Waals surface area contributed by atoms with Crippen LogP contribution in [0.1, 0.15) is 36.2 Å². The summed E-state index contributed by atoms with van der Waals surface area (Å²) in [5, 5.41) is 0. The fourth-order valence-corrected chi connectivity index (χ4v) is 3.41. The van der Waals surface area contributed by atoms with Crippen LogP contribution < -0.4 is 4.74 Å². The summed E-state index contributed by atoms with van der Waals surface area (Å²) in [6.07, 6.45) is 6.02. The average molecular weight is 349 g/mol. The molecule has 6 nitrogen and oxygen atoms in total. The maximum Gasteiger partial charge on any atom is 0.222 e. The molecule has 1 fully saturated rings. The molecular formula is C20H23N5O. The second kappa shape index (κ2) is 7.25. The van der Waals surface area contributed by atoms with Gasteiger partial charge in [0.05, 0.1) is 12.6 Å². The van der Waals surface area contributed by atoms with Gasteiger partial charge in [0.1, 0.15) is 17.4 Å². The van der Waals surface area contributed by atoms with Gasteiger partial charge in [-0.15, -0.1) is 0 Å². The lowest BCUT2D eigenvalue weighted by atomic mass is 10.2. The smallest absolute Gasteiger partial charge is 0.222 e. The van der Waals surface area contributed by atoms with Crippen LogP contribution in [0.25, 0.3) is 0 Å². The quantitative estimate of drug-likeness (QED) is 0.704. The Bertz CT molecular complexity index is 877. The van der Waals surface area contributed by atoms with Crippen LogP contribution in [0.4, 0.5) is 0 Å². The largest absolute Gasteiger partial charge is 0.439 e. The third kappa shape index (κ3) is 3.60. The Hall–Kier alpha value is -2.73. The topological polar surface area (TPSA) is 56.1 Å². The van der Waals surface area contributed by atoms with Crippen LogP contribution >= 0.6 is 0 Å². The van der Waals surface area contributed by atoms with Crippen molar-refractivity contribution in [2.75, 3.05) is 6.54 Å². The summed E-state index contributed by atoms with van der Waals surface area (Å²) < 4.78 is 8.00. The fraction of sp³-hybridized carbons (Fsp3) is 0.350. The van der Waals surface area contributed by atoms with Gasteiger partial charge in [-0.25, -0.2) is 9.97 Å². The van der Waals surface area contributed by atoms with Gasteiger partial charge in [-0.05, 0) is 38.4 Å². The van der Waals surface area contributed by atoms with Crippen LogP contribution in [0.5, 0.6) is 11.6 Å². The molecule has 0 amide bonds. The molecule has 134 valence electrons. The van der Waals surface area contributed by atoms with E-state index in [0.717, 1.165) is 49.0 Å². The first-order chi connectivity index (χ1) is 12.7. The Labute approximate surface area is 153 Å². The fourth-order valence-electron chi connectivity index (χ4n) is 3.41. The summed E-state index contributed by atoms with van der Waals surface area (Å²) in [5.74, 6) is 3.28. The van der Waals surface area contributed by atoms with Crippen molar-refractivity contribution in [3.8, 4) is 11.6 Å². The lowest BCUT2D eigenvalue weighted by Gasteiger charge is -2.23. The van der Waals surface area contributed by atoms with Crippen LogP contribution in [0.3, 0.4) is 0 Å². The zero-order valence-electron chi connectivity index (χ0n) is 15.2. The highest BCUT2D eigenvalue weighted by molar-refractivity contribution is 5.27. The Morgan fingerprint density at radius 2 is 2.04 bits per heavy atom. The number of para-hydroxylation sites is 1. The highest BCUT2D eigenvalue weighted by atomic mass is 16.5. The predicted octanol–water partition coefficient (Wildman–Crippen LogP) is 3.65. The molecule has 0 unspecified atom stereocenters. The number of aryl methyl sites for hydroxylation is 2. The summed E-state index contributed by atoms with van der Waals surface area (Å²) in [7, 11) is 2.03. The summed E-state index contributed by atoms with van der Waals surface area (Å²) >= 11 is 0. The summed E-state index contributed by atoms with van der Waals surface area (Å²) in [5.41, 5.74) is 0.921. The average Bonchev–Trinajstić information content (AvgIpc) is 3.25. The number of likely N-dealkylation sites (tertiary alicyclic amines) is 1. The minimum Gasteiger partial charge on any atom is -0.439 e. The molecule has 0 aliphatic carbocycles. The van der Waals surface area contributed by atoms with Crippen LogP contribution in [-0.2, 0) is 13.6 Å². The lowest BCUT2D eigenvalue weighted by molar-refractivity contribution is 0.230. The molecule has 0 saturated carbocycles. The zero-order valence-corrected chi connectivity index (χ0v) is 15.2. The molecular weight excluding hydrogens is 326 g/mol. The molecule has 1 aliphatic rings. The minimum absolute atomic E-state index is 0.199. The number of rotatable bonds is 5. The Kier molecular flexibility index (Phi) is 4.67. The van der Waals surface area contributed by atoms with Gasteiger partial charge in [0, 0.05) is 31.2 Å². The first-order valence-electron chi connectivity index (χ1n) is 8.98. The van der Waals surface area contributed by atoms with Crippen LogP contribution in [0.2, 0.25) is 0 Å². The van der Waals surface area contributed by atoms with E-state index in [-0.39, 0.29) is 6.04 Å². The lowest BCUT2D eigenvalue weighted by Crippen LogP contribution is -2.26. The molecule has 6 heteroatoms. The van der Waals surface area contributed by atoms with E-state index in [1.165, 1.54) is 0 Å². The second-order valence-corrected chi connectivity index (χ2v) is 6.70. The van der Waals surface area contributed by atoms with Crippen molar-refractivity contribution in [1.29, 1.82) is 0 Å². The van der Waals surface area contributed by atoms with Crippen LogP contribution in [0.15, 0.2) is 48.8 Å². The molecule has 3 aromatic rings. The van der Waals surface area contributed by atoms with Crippen molar-refractivity contribution in [3.05, 3.63) is 66.1 Å². The van der Waals surface area contributed by atoms with Gasteiger partial charge in [-0.1, -0.05) is 18.2 Å². The van der Waals surface area contributed by atoms with Gasteiger partial charge in [0.2, 0.25) is 5.88 Å². The molecule has 1 atom stereocenters. The normalized spacial score (nSPS) is 17.5. The summed E-state index contributed by atoms with van der Waals surface area (Å²) in [6, 6.07) is 11.8. The first kappa shape index (κ1) is 16.7. The van der Waals surface area contributed by atoms with Crippen molar-refractivity contribution < 1.29 is 4.74 Å². The number of ether oxygens (including phenoxy) is 1. The Morgan fingerprint density at radius 3 is 2.81 bits per heavy atom. The van der Waals surface area contributed by atoms with Gasteiger partial charge in [0.15, 0.2) is 0 Å². The molecule has 1 aromatic carbocycles. The van der Waals surface area contributed by atoms with E-state index in [0.29, 0.717) is 5.88 Å². The van der Waals surface area contributed by atoms with Crippen molar-refractivity contribution in [1.82, 2.24) is 24.4 Å². The Morgan fingerprint density at radius 1 is 1.19 bits per heavy atom. The highest BCUT2D eigenvalue weighted by Gasteiger charge is 2.29. The van der Waals surface area contributed by atoms with Crippen molar-refractivity contribution in [2.24, 2.45) is 7.05 Å². The van der Waals surface area contributed by atoms with E-state index in [1.54, 1.807) is 0 Å². The van der Waals surface area contributed by atoms with E-state index in [9.17, 15) is 0 Å². The monoisotopic (exact) mass is 349 g/mol. The first-order valence-corrected chi connectivity index (χ1v) is 8.98. The number of benzene rings is 1. The van der Waals surface area contributed by atoms with Crippen molar-refractivity contribution >= 4 is 0 Å². The van der Waals surface area contributed by atoms with Gasteiger partial charge in [-0.3, -0.25) is 4.90 Å². The molecule has 0 N–H and O–H groups in total. The third-order valence-electron chi connectivity index (χ3n) is 4.74. The molecule has 4 rings (SSSR count). The SMILES string of the molecule is Cc1cc(Oc2ccccc2)nc([C@H]2CCCN2Cc2nccn2C)n1. The van der Waals surface area contributed by atoms with E-state index in [4.69, 9.17) is 14.7 Å². The molecule has 0 spiro atoms. The molecule has 0 bridgehead atoms. The highest BCUT2D eigenvalue weighted by Crippen LogP contribution is 2.32. The number of aromatic nitrogens is 4. The van der Waals surface area contributed by atoms with E-state index in [1.807, 2.05) is 62.8 Å². The van der Waals surface area contributed by atoms with E-state index in [2.05, 4.69) is 14.5 Å². The maximum absolute atomic E-state index is 5.93. The van der Waals surface area contributed by atoms with E-state index >= 15 is 0 Å². The van der Waals surface area contributed by atoms with Crippen molar-refractivity contribution in [3.63, 3.8) is 0 Å². The third-order valence-corrected chi connectivity index (χ3v) is 4.74. The molecule has 3 heterocycles. The molecule has 2 aromatic heterocycles. The standard InChI is InChI=1S/C20H23N5O/c1-15-13-19(26-16-7-4-3-5-8-16)23-20(22-15)17-9-6-11-25(17)14-18-21-10-12-24(18)2/h3-5,7-8,10,12-13,17H,6,9,11,14H2,1-2H3/t17-/m1/s1. The van der Waals surface area contributed by atoms with Gasteiger partial charge >= 0.3 is 0 Å². The number of hydrogen-bond acceptors (Lipinski definition) is 5. The maximum atomic E-state index is 5.93. The Balaban J connectivity index is 1.57. The van der Waals surface area contributed by atoms with Crippen LogP contribution in [-0.4, -0.2) is 31.0 Å². The van der Waals surface area contributed by atoms with Crippen LogP contribution in [0, 0.1) is 6.92 Å². The molecule has 1 aliphatic heterocycles. The molecule has 26 heavy (non-hydrogen) atoms. The molecule has 0 radical (unpaired) electrons. The minimum atomic E-state index is 0.199. The number of imidazole rings is 1. The number of hydrogen-bond donors (Lipinski definition) is 0. The van der Waals surface area contributed by atoms with E-state index < -0.39 is 0 Å². The van der Waals surface area contributed by atoms with Crippen molar-refractivity contribution in [2.45, 2.75) is 32.4 Å². The second-order valence-electron chi connectivity index (χ2n) is 6.70. The summed E-state index contributed by atoms with van der Waals surface area (Å²) in [6.45, 7) is 3.82.